The highest BCUT2D eigenvalue weighted by atomic mass is 31.2. The van der Waals surface area contributed by atoms with Crippen LogP contribution >= 0.6 is 8.38 Å². The minimum absolute atomic E-state index is 0.0379. The van der Waals surface area contributed by atoms with Gasteiger partial charge in [-0.25, -0.2) is 8.78 Å². The number of ketones is 1. The lowest BCUT2D eigenvalue weighted by Crippen LogP contribution is -2.69. The van der Waals surface area contributed by atoms with Crippen LogP contribution in [0, 0.1) is 28.6 Å². The Morgan fingerprint density at radius 2 is 1.79 bits per heavy atom. The second-order valence-corrected chi connectivity index (χ2v) is 12.5. The average Bonchev–Trinajstić information content (AvgIpc) is 2.97. The van der Waals surface area contributed by atoms with E-state index in [9.17, 15) is 9.90 Å². The van der Waals surface area contributed by atoms with E-state index < -0.39 is 48.7 Å². The lowest BCUT2D eigenvalue weighted by atomic mass is 9.44. The number of fused-ring (bicyclic) bond motifs is 5. The molecule has 0 heterocycles. The molecule has 0 bridgehead atoms. The van der Waals surface area contributed by atoms with Gasteiger partial charge in [0, 0.05) is 16.7 Å². The first-order chi connectivity index (χ1) is 15.9. The maximum atomic E-state index is 17.2. The monoisotopic (exact) mass is 500 g/mol. The van der Waals surface area contributed by atoms with Crippen molar-refractivity contribution in [3.8, 4) is 0 Å². The minimum Gasteiger partial charge on any atom is -0.390 e. The summed E-state index contributed by atoms with van der Waals surface area (Å²) in [5, 5.41) is 11.5. The van der Waals surface area contributed by atoms with E-state index in [1.165, 1.54) is 18.2 Å². The Labute approximate surface area is 203 Å². The van der Waals surface area contributed by atoms with Crippen LogP contribution in [-0.2, 0) is 18.6 Å². The van der Waals surface area contributed by atoms with Crippen LogP contribution in [0.3, 0.4) is 0 Å². The molecule has 34 heavy (non-hydrogen) atoms. The van der Waals surface area contributed by atoms with Crippen LogP contribution in [0.5, 0.6) is 0 Å². The molecule has 8 heteroatoms. The molecule has 4 unspecified atom stereocenters. The molecule has 4 aliphatic carbocycles. The normalized spacial score (nSPS) is 47.9. The van der Waals surface area contributed by atoms with Gasteiger partial charge in [-0.1, -0.05) is 19.9 Å². The fourth-order valence-electron chi connectivity index (χ4n) is 7.62. The van der Waals surface area contributed by atoms with Crippen molar-refractivity contribution in [1.82, 2.24) is 0 Å². The van der Waals surface area contributed by atoms with Gasteiger partial charge in [0.1, 0.15) is 12.5 Å². The van der Waals surface area contributed by atoms with Crippen LogP contribution in [0.15, 0.2) is 23.8 Å². The zero-order valence-corrected chi connectivity index (χ0v) is 22.0. The Hall–Kier alpha value is -0.720. The number of alkyl halides is 2. The topological polar surface area (TPSA) is 65.0 Å². The van der Waals surface area contributed by atoms with Crippen molar-refractivity contribution < 1.29 is 32.5 Å². The highest BCUT2D eigenvalue weighted by molar-refractivity contribution is 7.47. The molecule has 0 aromatic heterocycles. The predicted molar refractivity (Wildman–Crippen MR) is 128 cm³/mol. The third-order valence-corrected chi connectivity index (χ3v) is 11.1. The molecule has 3 saturated carbocycles. The van der Waals surface area contributed by atoms with Crippen LogP contribution in [-0.4, -0.2) is 54.0 Å². The summed E-state index contributed by atoms with van der Waals surface area (Å²) in [7, 11) is -1.21. The second kappa shape index (κ2) is 8.99. The van der Waals surface area contributed by atoms with E-state index in [1.807, 2.05) is 20.8 Å². The molecule has 0 aliphatic heterocycles. The Balaban J connectivity index is 1.69. The zero-order valence-electron chi connectivity index (χ0n) is 21.1. The third-order valence-electron chi connectivity index (χ3n) is 9.72. The fraction of sp³-hybridized carbons (Fsp3) is 0.808. The second-order valence-electron chi connectivity index (χ2n) is 11.0. The molecule has 0 radical (unpaired) electrons. The Morgan fingerprint density at radius 3 is 2.41 bits per heavy atom. The van der Waals surface area contributed by atoms with E-state index in [4.69, 9.17) is 13.8 Å². The van der Waals surface area contributed by atoms with E-state index in [0.29, 0.717) is 26.0 Å². The molecule has 0 spiro atoms. The highest BCUT2D eigenvalue weighted by Gasteiger charge is 2.75. The third kappa shape index (κ3) is 3.52. The quantitative estimate of drug-likeness (QED) is 0.457. The van der Waals surface area contributed by atoms with Gasteiger partial charge in [0.25, 0.3) is 0 Å². The van der Waals surface area contributed by atoms with Crippen molar-refractivity contribution in [3.63, 3.8) is 0 Å². The van der Waals surface area contributed by atoms with E-state index in [2.05, 4.69) is 13.8 Å². The van der Waals surface area contributed by atoms with Crippen molar-refractivity contribution in [2.24, 2.45) is 28.6 Å². The first-order valence-corrected chi connectivity index (χ1v) is 13.9. The molecule has 4 rings (SSSR count). The van der Waals surface area contributed by atoms with Gasteiger partial charge in [-0.15, -0.1) is 0 Å². The number of halogens is 2. The van der Waals surface area contributed by atoms with E-state index in [1.54, 1.807) is 6.92 Å². The van der Waals surface area contributed by atoms with Crippen molar-refractivity contribution in [2.45, 2.75) is 84.4 Å². The number of allylic oxidation sites excluding steroid dienone is 4. The van der Waals surface area contributed by atoms with Crippen molar-refractivity contribution in [1.29, 1.82) is 0 Å². The molecular formula is C26H39F2O5P. The lowest BCUT2D eigenvalue weighted by Gasteiger charge is -2.63. The molecule has 9 atom stereocenters. The molecule has 192 valence electrons. The van der Waals surface area contributed by atoms with Gasteiger partial charge in [-0.2, -0.15) is 0 Å². The molecule has 0 aromatic carbocycles. The number of carbonyl (C=O) groups excluding carboxylic acids is 1. The Bertz CT molecular complexity index is 875. The summed E-state index contributed by atoms with van der Waals surface area (Å²) in [6.45, 7) is 12.7. The van der Waals surface area contributed by atoms with E-state index in [0.717, 1.165) is 0 Å². The number of hydrogen-bond donors (Lipinski definition) is 1. The minimum atomic E-state index is -2.06. The number of hydrogen-bond acceptors (Lipinski definition) is 5. The lowest BCUT2D eigenvalue weighted by molar-refractivity contribution is -0.228. The molecule has 0 saturated heterocycles. The number of aliphatic hydroxyl groups excluding tert-OH is 1. The Morgan fingerprint density at radius 1 is 1.15 bits per heavy atom. The number of carbonyl (C=O) groups is 1. The summed E-state index contributed by atoms with van der Waals surface area (Å²) in [5.74, 6) is -1.12. The largest absolute Gasteiger partial charge is 0.390 e. The number of rotatable bonds is 7. The molecule has 4 aliphatic rings. The van der Waals surface area contributed by atoms with Gasteiger partial charge < -0.3 is 18.9 Å². The summed E-state index contributed by atoms with van der Waals surface area (Å²) in [6, 6.07) is 0. The average molecular weight is 501 g/mol. The zero-order chi connectivity index (χ0) is 25.1. The fourth-order valence-corrected chi connectivity index (χ4v) is 8.79. The first-order valence-electron chi connectivity index (χ1n) is 12.5. The summed E-state index contributed by atoms with van der Waals surface area (Å²) in [5.41, 5.74) is -4.47. The Kier molecular flexibility index (Phi) is 6.96. The molecule has 5 nitrogen and oxygen atoms in total. The first kappa shape index (κ1) is 26.3. The maximum absolute atomic E-state index is 17.2. The summed E-state index contributed by atoms with van der Waals surface area (Å²) < 4.78 is 50.8. The molecule has 0 amide bonds. The van der Waals surface area contributed by atoms with Crippen LogP contribution < -0.4 is 0 Å². The van der Waals surface area contributed by atoms with Gasteiger partial charge in [-0.3, -0.25) is 4.79 Å². The maximum Gasteiger partial charge on any atom is 0.198 e. The van der Waals surface area contributed by atoms with Gasteiger partial charge >= 0.3 is 0 Å². The number of ether oxygens (including phenoxy) is 1. The van der Waals surface area contributed by atoms with Crippen molar-refractivity contribution in [3.05, 3.63) is 23.8 Å². The SMILES string of the molecule is CCOP(CO[C@]1(C)[C@H](C)C[C@H]2C3C[C@H](F)C4=CC(=O)C=CC4(C)[C@@]3(F)C(O)CC21C)OCC. The number of aliphatic hydroxyl groups is 1. The van der Waals surface area contributed by atoms with Gasteiger partial charge in [0.2, 0.25) is 0 Å². The summed E-state index contributed by atoms with van der Waals surface area (Å²) >= 11 is 0. The molecule has 1 N–H and O–H groups in total. The van der Waals surface area contributed by atoms with Crippen molar-refractivity contribution in [2.75, 3.05) is 19.6 Å². The van der Waals surface area contributed by atoms with Crippen LogP contribution in [0.25, 0.3) is 0 Å². The van der Waals surface area contributed by atoms with Gasteiger partial charge in [-0.05, 0) is 76.5 Å². The van der Waals surface area contributed by atoms with Crippen LogP contribution in [0.4, 0.5) is 8.78 Å². The molecular weight excluding hydrogens is 461 g/mol. The van der Waals surface area contributed by atoms with E-state index in [-0.39, 0.29) is 36.0 Å². The summed E-state index contributed by atoms with van der Waals surface area (Å²) in [4.78, 5) is 12.0. The van der Waals surface area contributed by atoms with Crippen LogP contribution in [0.2, 0.25) is 0 Å². The molecule has 0 aromatic rings. The van der Waals surface area contributed by atoms with Gasteiger partial charge in [0.15, 0.2) is 19.8 Å². The van der Waals surface area contributed by atoms with Gasteiger partial charge in [0.05, 0.1) is 24.9 Å². The highest BCUT2D eigenvalue weighted by Crippen LogP contribution is 2.71. The predicted octanol–water partition coefficient (Wildman–Crippen LogP) is 5.67. The standard InChI is InChI=1S/C26H39F2O5P/c1-7-32-34(33-8-2)15-31-25(6)16(3)11-18-19-13-21(27)20-12-17(29)9-10-23(20,4)26(19,28)22(30)14-24(18,25)5/h9-10,12,16,18-19,21-22,30H,7-8,11,13-15H2,1-6H3/t16-,18+,19?,21+,22?,23?,24?,25-,26+/m1/s1. The smallest absolute Gasteiger partial charge is 0.198 e. The van der Waals surface area contributed by atoms with Crippen molar-refractivity contribution >= 4 is 14.2 Å². The van der Waals surface area contributed by atoms with Crippen LogP contribution in [0.1, 0.15) is 60.8 Å². The van der Waals surface area contributed by atoms with E-state index >= 15 is 8.78 Å². The molecule has 3 fully saturated rings. The summed E-state index contributed by atoms with van der Waals surface area (Å²) in [6.07, 6.45) is 2.44.